The van der Waals surface area contributed by atoms with Crippen LogP contribution < -0.4 is 10.1 Å². The maximum Gasteiger partial charge on any atom is 2.00 e. The van der Waals surface area contributed by atoms with Gasteiger partial charge in [0.25, 0.3) is 0 Å². The van der Waals surface area contributed by atoms with Crippen molar-refractivity contribution >= 4 is 21.8 Å². The van der Waals surface area contributed by atoms with Crippen molar-refractivity contribution < 1.29 is 21.1 Å². The van der Waals surface area contributed by atoms with Gasteiger partial charge in [0.05, 0.1) is 17.1 Å². The van der Waals surface area contributed by atoms with Gasteiger partial charge in [-0.05, 0) is 71.0 Å². The fourth-order valence-corrected chi connectivity index (χ4v) is 7.50. The Labute approximate surface area is 307 Å². The molecule has 5 nitrogen and oxygen atoms in total. The molecule has 0 aliphatic heterocycles. The van der Waals surface area contributed by atoms with E-state index in [0.29, 0.717) is 0 Å². The molecule has 9 rings (SSSR count). The Morgan fingerprint density at radius 1 is 0.620 bits per heavy atom. The largest absolute Gasteiger partial charge is 2.00 e. The Morgan fingerprint density at radius 3 is 1.82 bits per heavy atom. The van der Waals surface area contributed by atoms with Gasteiger partial charge in [0, 0.05) is 17.3 Å². The summed E-state index contributed by atoms with van der Waals surface area (Å²) < 4.78 is 0. The number of para-hydroxylation sites is 2. The van der Waals surface area contributed by atoms with E-state index in [4.69, 9.17) is 9.97 Å². The van der Waals surface area contributed by atoms with E-state index in [0.717, 1.165) is 69.9 Å². The van der Waals surface area contributed by atoms with Crippen molar-refractivity contribution in [3.8, 4) is 11.4 Å². The van der Waals surface area contributed by atoms with Gasteiger partial charge < -0.3 is 15.2 Å². The molecule has 50 heavy (non-hydrogen) atoms. The van der Waals surface area contributed by atoms with E-state index in [2.05, 4.69) is 150 Å². The average molecular weight is 831 g/mol. The monoisotopic (exact) mass is 830 g/mol. The van der Waals surface area contributed by atoms with E-state index < -0.39 is 5.41 Å². The van der Waals surface area contributed by atoms with Gasteiger partial charge in [-0.2, -0.15) is 0 Å². The number of hydrogen-bond acceptors (Lipinski definition) is 3. The van der Waals surface area contributed by atoms with Crippen LogP contribution >= 0.6 is 0 Å². The number of hydrogen-bond donors (Lipinski definition) is 0. The Bertz CT molecular complexity index is 2200. The molecule has 0 radical (unpaired) electrons. The molecule has 8 aromatic rings. The molecule has 6 heteroatoms. The van der Waals surface area contributed by atoms with Crippen LogP contribution in [0.1, 0.15) is 60.5 Å². The fourth-order valence-electron chi connectivity index (χ4n) is 7.50. The average Bonchev–Trinajstić information content (AvgIpc) is 3.77. The number of aromatic nitrogens is 5. The molecule has 1 aliphatic carbocycles. The Morgan fingerprint density at radius 2 is 1.20 bits per heavy atom. The minimum absolute atomic E-state index is 0. The summed E-state index contributed by atoms with van der Waals surface area (Å²) in [6.07, 6.45) is 5.14. The first-order valence-corrected chi connectivity index (χ1v) is 17.0. The second-order valence-corrected chi connectivity index (χ2v) is 13.4. The second kappa shape index (κ2) is 14.0. The third-order valence-electron chi connectivity index (χ3n) is 9.87. The Hall–Kier alpha value is -5.12. The van der Waals surface area contributed by atoms with Crippen LogP contribution in [0.25, 0.3) is 33.2 Å². The smallest absolute Gasteiger partial charge is 0.657 e. The van der Waals surface area contributed by atoms with Crippen LogP contribution in [0.15, 0.2) is 152 Å². The van der Waals surface area contributed by atoms with Crippen molar-refractivity contribution in [1.29, 1.82) is 0 Å². The predicted molar refractivity (Wildman–Crippen MR) is 198 cm³/mol. The van der Waals surface area contributed by atoms with Crippen molar-refractivity contribution in [2.45, 2.75) is 43.9 Å². The van der Waals surface area contributed by atoms with Crippen LogP contribution in [0.2, 0.25) is 0 Å². The number of benzene rings is 4. The quantitative estimate of drug-likeness (QED) is 0.173. The minimum atomic E-state index is -0.681. The summed E-state index contributed by atoms with van der Waals surface area (Å²) in [6, 6.07) is 50.0. The zero-order valence-electron chi connectivity index (χ0n) is 28.1. The Kier molecular flexibility index (Phi) is 9.35. The molecule has 0 atom stereocenters. The SMILES string of the molecule is CC1(C)CCCc2c1n[n-]c2-c1cccc(C(c2ccccc2)(c2ccccc2)c2ccccn2)n1.[Pt+2].c1ccc2c(c1)[n-]c1ccccc12. The fraction of sp³-hybridized carbons (Fsp3) is 0.159. The van der Waals surface area contributed by atoms with E-state index in [9.17, 15) is 0 Å². The van der Waals surface area contributed by atoms with E-state index >= 15 is 0 Å². The molecule has 0 saturated heterocycles. The summed E-state index contributed by atoms with van der Waals surface area (Å²) in [7, 11) is 0. The van der Waals surface area contributed by atoms with Gasteiger partial charge in [-0.3, -0.25) is 9.97 Å². The first-order chi connectivity index (χ1) is 24.1. The van der Waals surface area contributed by atoms with Gasteiger partial charge in [-0.25, -0.2) is 0 Å². The molecule has 4 heterocycles. The third-order valence-corrected chi connectivity index (χ3v) is 9.87. The molecular formula is C44H37N5Pt. The first-order valence-electron chi connectivity index (χ1n) is 17.0. The number of rotatable bonds is 5. The van der Waals surface area contributed by atoms with Gasteiger partial charge in [0.15, 0.2) is 0 Å². The molecule has 248 valence electrons. The maximum absolute atomic E-state index is 5.33. The van der Waals surface area contributed by atoms with Gasteiger partial charge in [0.1, 0.15) is 5.41 Å². The summed E-state index contributed by atoms with van der Waals surface area (Å²) in [5.74, 6) is 0. The predicted octanol–water partition coefficient (Wildman–Crippen LogP) is 9.44. The first kappa shape index (κ1) is 33.4. The van der Waals surface area contributed by atoms with E-state index in [1.165, 1.54) is 16.3 Å². The number of nitrogens with zero attached hydrogens (tertiary/aromatic N) is 5. The molecular weight excluding hydrogens is 794 g/mol. The van der Waals surface area contributed by atoms with Crippen molar-refractivity contribution in [2.24, 2.45) is 0 Å². The summed E-state index contributed by atoms with van der Waals surface area (Å²) in [6.45, 7) is 4.54. The van der Waals surface area contributed by atoms with Gasteiger partial charge in [-0.15, -0.1) is 11.0 Å². The normalized spacial score (nSPS) is 13.6. The minimum Gasteiger partial charge on any atom is -0.657 e. The van der Waals surface area contributed by atoms with Crippen molar-refractivity contribution in [1.82, 2.24) is 25.1 Å². The van der Waals surface area contributed by atoms with Crippen molar-refractivity contribution in [3.63, 3.8) is 0 Å². The zero-order valence-corrected chi connectivity index (χ0v) is 30.4. The van der Waals surface area contributed by atoms with Crippen LogP contribution in [0.3, 0.4) is 0 Å². The van der Waals surface area contributed by atoms with Crippen LogP contribution in [0.4, 0.5) is 0 Å². The van der Waals surface area contributed by atoms with E-state index in [1.54, 1.807) is 0 Å². The third kappa shape index (κ3) is 5.90. The summed E-state index contributed by atoms with van der Waals surface area (Å²) in [5, 5.41) is 11.8. The molecule has 1 aliphatic rings. The van der Waals surface area contributed by atoms with Gasteiger partial charge >= 0.3 is 21.1 Å². The number of pyridine rings is 2. The van der Waals surface area contributed by atoms with Crippen LogP contribution in [0, 0.1) is 0 Å². The zero-order chi connectivity index (χ0) is 33.3. The second-order valence-electron chi connectivity index (χ2n) is 13.4. The molecule has 0 N–H and O–H groups in total. The van der Waals surface area contributed by atoms with Crippen LogP contribution in [0.5, 0.6) is 0 Å². The molecule has 4 aromatic carbocycles. The summed E-state index contributed by atoms with van der Waals surface area (Å²) >= 11 is 0. The van der Waals surface area contributed by atoms with E-state index in [-0.39, 0.29) is 26.5 Å². The number of fused-ring (bicyclic) bond motifs is 4. The summed E-state index contributed by atoms with van der Waals surface area (Å²) in [5.41, 5.74) is 9.78. The Balaban J connectivity index is 0.000000233. The molecule has 4 aromatic heterocycles. The standard InChI is InChI=1S/C32H29N4.C12H8N.Pt/c1-31(2)21-12-17-25-29(35-36-30(25)31)26-18-11-20-28(34-26)32(23-13-5-3-6-14-23,24-15-7-4-8-16-24)27-19-9-10-22-33-27;1-3-7-11-9(5-1)10-6-2-4-8-12(10)13-11;/h3-11,13-16,18-20,22H,12,17,21H2,1-2H3;1-8H;/q2*-1;+2. The molecule has 0 saturated carbocycles. The molecule has 0 unspecified atom stereocenters. The van der Waals surface area contributed by atoms with Crippen molar-refractivity contribution in [2.75, 3.05) is 0 Å². The topological polar surface area (TPSA) is 66.9 Å². The molecule has 0 spiro atoms. The molecule has 0 amide bonds. The summed E-state index contributed by atoms with van der Waals surface area (Å²) in [4.78, 5) is 14.7. The van der Waals surface area contributed by atoms with E-state index in [1.807, 2.05) is 30.5 Å². The molecule has 0 bridgehead atoms. The van der Waals surface area contributed by atoms with Gasteiger partial charge in [0.2, 0.25) is 0 Å². The van der Waals surface area contributed by atoms with Gasteiger partial charge in [-0.1, -0.05) is 141 Å². The van der Waals surface area contributed by atoms with Crippen LogP contribution in [-0.4, -0.2) is 15.1 Å². The maximum atomic E-state index is 5.33. The van der Waals surface area contributed by atoms with Crippen molar-refractivity contribution in [3.05, 3.63) is 186 Å². The van der Waals surface area contributed by atoms with Crippen LogP contribution in [-0.2, 0) is 38.3 Å². The molecule has 0 fully saturated rings.